The van der Waals surface area contributed by atoms with Crippen molar-refractivity contribution in [3.63, 3.8) is 0 Å². The Balaban J connectivity index is 0. The summed E-state index contributed by atoms with van der Waals surface area (Å²) >= 11 is 0. The van der Waals surface area contributed by atoms with E-state index in [9.17, 15) is 0 Å². The van der Waals surface area contributed by atoms with Gasteiger partial charge in [-0.3, -0.25) is 0 Å². The number of hydrogen-bond acceptors (Lipinski definition) is 0. The van der Waals surface area contributed by atoms with E-state index in [0.717, 1.165) is 0 Å². The molecule has 0 spiro atoms. The van der Waals surface area contributed by atoms with Gasteiger partial charge >= 0.3 is 18.9 Å². The molecule has 0 aliphatic rings. The van der Waals surface area contributed by atoms with Crippen molar-refractivity contribution >= 4 is 18.9 Å². The molecule has 0 aliphatic heterocycles. The minimum absolute atomic E-state index is 0. The number of hydrogen-bond donors (Lipinski definition) is 0. The van der Waals surface area contributed by atoms with Crippen LogP contribution in [0.3, 0.4) is 0 Å². The van der Waals surface area contributed by atoms with E-state index in [-0.39, 0.29) is 103 Å². The maximum absolute atomic E-state index is 0. The first kappa shape index (κ1) is 26.2. The molecule has 0 saturated heterocycles. The maximum atomic E-state index is 0. The fraction of sp³-hybridized carbons (Fsp3) is 0. The summed E-state index contributed by atoms with van der Waals surface area (Å²) in [7, 11) is 0. The molecular formula is HLaLiNbZr. The first-order chi connectivity index (χ1) is 0. The Morgan fingerprint density at radius 1 is 1.00 bits per heavy atom. The van der Waals surface area contributed by atoms with Crippen LogP contribution in [0.4, 0.5) is 0 Å². The quantitative estimate of drug-likeness (QED) is 0.518. The van der Waals surface area contributed by atoms with Crippen molar-refractivity contribution in [1.82, 2.24) is 0 Å². The summed E-state index contributed by atoms with van der Waals surface area (Å²) in [5.74, 6) is 0. The molecule has 4 heteroatoms. The average Bonchev–Trinajstić information content (AvgIpc) is 0. The zero-order valence-corrected chi connectivity index (χ0v) is 9.81. The Labute approximate surface area is 101 Å². The third kappa shape index (κ3) is 9.05. The predicted molar refractivity (Wildman–Crippen MR) is 7.15 cm³/mol. The second-order valence-corrected chi connectivity index (χ2v) is 0. The van der Waals surface area contributed by atoms with Gasteiger partial charge in [0.1, 0.15) is 0 Å². The van der Waals surface area contributed by atoms with Gasteiger partial charge in [-0.2, -0.15) is 0 Å². The summed E-state index contributed by atoms with van der Waals surface area (Å²) in [6, 6.07) is 0. The van der Waals surface area contributed by atoms with Gasteiger partial charge in [-0.15, -0.1) is 0 Å². The van der Waals surface area contributed by atoms with Crippen LogP contribution in [0.2, 0.25) is 0 Å². The van der Waals surface area contributed by atoms with Gasteiger partial charge in [0.25, 0.3) is 0 Å². The molecule has 0 unspecified atom stereocenters. The second kappa shape index (κ2) is 16.1. The third-order valence-electron chi connectivity index (χ3n) is 0. The van der Waals surface area contributed by atoms with E-state index in [2.05, 4.69) is 0 Å². The van der Waals surface area contributed by atoms with Gasteiger partial charge in [-0.25, -0.2) is 0 Å². The smallest absolute Gasteiger partial charge is 0 e. The van der Waals surface area contributed by atoms with Crippen LogP contribution >= 0.6 is 0 Å². The van der Waals surface area contributed by atoms with Gasteiger partial charge in [0.15, 0.2) is 0 Å². The molecule has 0 amide bonds. The summed E-state index contributed by atoms with van der Waals surface area (Å²) in [6.07, 6.45) is 0. The minimum Gasteiger partial charge on any atom is 0 e. The van der Waals surface area contributed by atoms with E-state index in [0.29, 0.717) is 0 Å². The summed E-state index contributed by atoms with van der Waals surface area (Å²) in [5, 5.41) is 0. The molecule has 0 heterocycles. The van der Waals surface area contributed by atoms with E-state index >= 15 is 0 Å². The van der Waals surface area contributed by atoms with Crippen LogP contribution in [0.25, 0.3) is 0 Å². The van der Waals surface area contributed by atoms with Gasteiger partial charge < -0.3 is 0 Å². The largest absolute Gasteiger partial charge is 0 e. The van der Waals surface area contributed by atoms with Crippen molar-refractivity contribution in [3.8, 4) is 0 Å². The van der Waals surface area contributed by atoms with Crippen molar-refractivity contribution < 1.29 is 84.2 Å². The molecule has 0 fully saturated rings. The molecule has 0 aromatic heterocycles. The first-order valence-electron chi connectivity index (χ1n) is 0. The molecule has 0 aromatic rings. The second-order valence-electron chi connectivity index (χ2n) is 0. The predicted octanol–water partition coefficient (Wildman–Crippen LogP) is -0.653. The van der Waals surface area contributed by atoms with E-state index in [1.165, 1.54) is 0 Å². The van der Waals surface area contributed by atoms with Crippen LogP contribution in [0, 0.1) is 35.6 Å². The first-order valence-corrected chi connectivity index (χ1v) is 0. The Hall–Kier alpha value is 3.42. The topological polar surface area (TPSA) is 0 Å². The molecule has 0 aromatic carbocycles. The normalized spacial score (nSPS) is 0. The van der Waals surface area contributed by atoms with Gasteiger partial charge in [0.2, 0.25) is 0 Å². The molecule has 0 rings (SSSR count). The fourth-order valence-electron chi connectivity index (χ4n) is 0. The summed E-state index contributed by atoms with van der Waals surface area (Å²) < 4.78 is 0. The van der Waals surface area contributed by atoms with Crippen molar-refractivity contribution in [2.75, 3.05) is 0 Å². The van der Waals surface area contributed by atoms with E-state index in [1.54, 1.807) is 0 Å². The molecule has 0 bridgehead atoms. The van der Waals surface area contributed by atoms with Crippen LogP contribution in [0.15, 0.2) is 0 Å². The molecule has 0 saturated carbocycles. The zero-order valence-electron chi connectivity index (χ0n) is 1.52. The molecule has 0 aliphatic carbocycles. The van der Waals surface area contributed by atoms with Crippen LogP contribution in [-0.2, 0) is 48.6 Å². The summed E-state index contributed by atoms with van der Waals surface area (Å²) in [6.45, 7) is 0. The molecule has 0 N–H and O–H groups in total. The molecule has 2 radical (unpaired) electrons. The minimum atomic E-state index is 0. The van der Waals surface area contributed by atoms with Gasteiger partial charge in [-0.1, -0.05) is 0 Å². The average molecular weight is 331 g/mol. The van der Waals surface area contributed by atoms with E-state index in [1.807, 2.05) is 0 Å². The van der Waals surface area contributed by atoms with Crippen molar-refractivity contribution in [1.29, 1.82) is 0 Å². The van der Waals surface area contributed by atoms with Crippen LogP contribution in [0.1, 0.15) is 0 Å². The van der Waals surface area contributed by atoms with E-state index in [4.69, 9.17) is 0 Å². The fourth-order valence-corrected chi connectivity index (χ4v) is 0. The maximum Gasteiger partial charge on any atom is 0 e. The SMILES string of the molecule is [La].[LiH].[Nb].[Zr]. The summed E-state index contributed by atoms with van der Waals surface area (Å²) in [5.41, 5.74) is 0. The van der Waals surface area contributed by atoms with Crippen molar-refractivity contribution in [3.05, 3.63) is 0 Å². The van der Waals surface area contributed by atoms with Crippen LogP contribution in [0.5, 0.6) is 0 Å². The third-order valence-corrected chi connectivity index (χ3v) is 0. The van der Waals surface area contributed by atoms with Crippen molar-refractivity contribution in [2.45, 2.75) is 0 Å². The molecule has 4 heavy (non-hydrogen) atoms. The van der Waals surface area contributed by atoms with Gasteiger partial charge in [0, 0.05) is 84.2 Å². The molecule has 0 nitrogen and oxygen atoms in total. The zero-order chi connectivity index (χ0) is 0. The standard InChI is InChI=1S/La.Li.Nb.Zr.H. The molecule has 14 valence electrons. The molecular weight excluding hydrogens is 330 g/mol. The van der Waals surface area contributed by atoms with Crippen LogP contribution in [-0.4, -0.2) is 18.9 Å². The number of rotatable bonds is 0. The monoisotopic (exact) mass is 330 g/mol. The Kier molecular flexibility index (Phi) is 105. The Morgan fingerprint density at radius 3 is 1.00 bits per heavy atom. The van der Waals surface area contributed by atoms with Gasteiger partial charge in [-0.05, 0) is 0 Å². The van der Waals surface area contributed by atoms with Gasteiger partial charge in [0.05, 0.1) is 0 Å². The van der Waals surface area contributed by atoms with E-state index < -0.39 is 0 Å². The molecule has 0 atom stereocenters. The van der Waals surface area contributed by atoms with Crippen molar-refractivity contribution in [2.24, 2.45) is 0 Å². The van der Waals surface area contributed by atoms with Crippen LogP contribution < -0.4 is 0 Å². The Morgan fingerprint density at radius 2 is 1.00 bits per heavy atom. The summed E-state index contributed by atoms with van der Waals surface area (Å²) in [4.78, 5) is 0. The Bertz CT molecular complexity index is 8.00.